The van der Waals surface area contributed by atoms with Gasteiger partial charge < -0.3 is 31.3 Å². The predicted octanol–water partition coefficient (Wildman–Crippen LogP) is 1.97. The molecule has 0 bridgehead atoms. The van der Waals surface area contributed by atoms with Crippen LogP contribution >= 0.6 is 0 Å². The lowest BCUT2D eigenvalue weighted by molar-refractivity contribution is -0.136. The zero-order valence-electron chi connectivity index (χ0n) is 21.2. The van der Waals surface area contributed by atoms with Crippen molar-refractivity contribution >= 4 is 29.4 Å². The fraction of sp³-hybridized carbons (Fsp3) is 0.333. The number of nitrogens with two attached hydrogens (primary N) is 1. The average Bonchev–Trinajstić information content (AvgIpc) is 3.27. The number of likely N-dealkylation sites (tertiary alicyclic amines) is 1. The van der Waals surface area contributed by atoms with Crippen LogP contribution in [0.3, 0.4) is 0 Å². The van der Waals surface area contributed by atoms with E-state index in [0.717, 1.165) is 11.1 Å². The summed E-state index contributed by atoms with van der Waals surface area (Å²) in [5, 5.41) is 8.26. The van der Waals surface area contributed by atoms with Crippen molar-refractivity contribution in [3.8, 4) is 5.75 Å². The van der Waals surface area contributed by atoms with Crippen molar-refractivity contribution in [2.75, 3.05) is 19.0 Å². The first-order chi connectivity index (χ1) is 17.7. The number of allylic oxidation sites excluding steroid dienone is 1. The molecular weight excluding hydrogens is 474 g/mol. The number of benzene rings is 2. The maximum Gasteiger partial charge on any atom is 0.319 e. The van der Waals surface area contributed by atoms with Crippen LogP contribution in [-0.2, 0) is 20.8 Å². The monoisotopic (exact) mass is 507 g/mol. The van der Waals surface area contributed by atoms with E-state index in [4.69, 9.17) is 10.5 Å². The van der Waals surface area contributed by atoms with Gasteiger partial charge in [-0.3, -0.25) is 14.4 Å². The Morgan fingerprint density at radius 3 is 2.49 bits per heavy atom. The van der Waals surface area contributed by atoms with Crippen LogP contribution in [-0.4, -0.2) is 60.4 Å². The molecule has 37 heavy (non-hydrogen) atoms. The van der Waals surface area contributed by atoms with Gasteiger partial charge in [-0.1, -0.05) is 42.0 Å². The number of amides is 5. The highest BCUT2D eigenvalue weighted by atomic mass is 16.5. The number of anilines is 1. The van der Waals surface area contributed by atoms with E-state index in [9.17, 15) is 19.2 Å². The van der Waals surface area contributed by atoms with Crippen LogP contribution in [0, 0.1) is 0 Å². The third-order valence-corrected chi connectivity index (χ3v) is 5.90. The SMILES string of the molecule is COc1cccc(NC(=O)N[C@H]2C[C@@H](C(=O)N[C@H](Cc3ccccc3)C(N)=O)N(C(=O)C=C(C)C)C2)c1. The molecule has 0 radical (unpaired) electrons. The number of urea groups is 1. The first kappa shape index (κ1) is 27.3. The van der Waals surface area contributed by atoms with Gasteiger partial charge in [0, 0.05) is 30.8 Å². The smallest absolute Gasteiger partial charge is 0.319 e. The highest BCUT2D eigenvalue weighted by Gasteiger charge is 2.40. The van der Waals surface area contributed by atoms with Crippen LogP contribution in [0.25, 0.3) is 0 Å². The normalized spacial score (nSPS) is 17.3. The predicted molar refractivity (Wildman–Crippen MR) is 140 cm³/mol. The van der Waals surface area contributed by atoms with E-state index in [1.165, 1.54) is 18.1 Å². The van der Waals surface area contributed by atoms with Crippen molar-refractivity contribution in [3.05, 3.63) is 71.8 Å². The fourth-order valence-corrected chi connectivity index (χ4v) is 4.16. The van der Waals surface area contributed by atoms with Crippen molar-refractivity contribution < 1.29 is 23.9 Å². The van der Waals surface area contributed by atoms with Gasteiger partial charge >= 0.3 is 6.03 Å². The number of nitrogens with zero attached hydrogens (tertiary/aromatic N) is 1. The Hall–Kier alpha value is -4.34. The molecule has 1 heterocycles. The summed E-state index contributed by atoms with van der Waals surface area (Å²) < 4.78 is 5.17. The van der Waals surface area contributed by atoms with E-state index >= 15 is 0 Å². The number of carbonyl (C=O) groups is 4. The molecule has 5 amide bonds. The van der Waals surface area contributed by atoms with Crippen molar-refractivity contribution in [2.24, 2.45) is 5.73 Å². The summed E-state index contributed by atoms with van der Waals surface area (Å²) in [5.41, 5.74) is 7.71. The van der Waals surface area contributed by atoms with E-state index in [2.05, 4.69) is 16.0 Å². The van der Waals surface area contributed by atoms with E-state index < -0.39 is 36.0 Å². The lowest BCUT2D eigenvalue weighted by atomic mass is 10.0. The molecule has 0 aliphatic carbocycles. The molecule has 10 heteroatoms. The first-order valence-corrected chi connectivity index (χ1v) is 12.0. The van der Waals surface area contributed by atoms with Crippen LogP contribution < -0.4 is 26.4 Å². The average molecular weight is 508 g/mol. The van der Waals surface area contributed by atoms with E-state index in [-0.39, 0.29) is 25.3 Å². The van der Waals surface area contributed by atoms with Crippen molar-refractivity contribution in [1.29, 1.82) is 0 Å². The molecule has 3 atom stereocenters. The summed E-state index contributed by atoms with van der Waals surface area (Å²) in [7, 11) is 1.53. The number of rotatable bonds is 9. The van der Waals surface area contributed by atoms with Crippen LogP contribution in [0.2, 0.25) is 0 Å². The second-order valence-corrected chi connectivity index (χ2v) is 9.14. The molecule has 2 aromatic carbocycles. The molecule has 10 nitrogen and oxygen atoms in total. The first-order valence-electron chi connectivity index (χ1n) is 12.0. The Bertz CT molecular complexity index is 1160. The highest BCUT2D eigenvalue weighted by molar-refractivity contribution is 5.96. The lowest BCUT2D eigenvalue weighted by Crippen LogP contribution is -2.52. The van der Waals surface area contributed by atoms with Gasteiger partial charge in [0.05, 0.1) is 13.2 Å². The van der Waals surface area contributed by atoms with E-state index in [1.807, 2.05) is 30.3 Å². The fourth-order valence-electron chi connectivity index (χ4n) is 4.16. The lowest BCUT2D eigenvalue weighted by Gasteiger charge is -2.25. The molecule has 0 unspecified atom stereocenters. The third-order valence-electron chi connectivity index (χ3n) is 5.90. The number of primary amides is 1. The summed E-state index contributed by atoms with van der Waals surface area (Å²) in [6.07, 6.45) is 1.84. The molecule has 0 spiro atoms. The number of nitrogens with one attached hydrogen (secondary N) is 3. The Balaban J connectivity index is 1.71. The van der Waals surface area contributed by atoms with E-state index in [1.54, 1.807) is 38.1 Å². The molecule has 196 valence electrons. The van der Waals surface area contributed by atoms with Gasteiger partial charge in [0.15, 0.2) is 0 Å². The minimum atomic E-state index is -0.946. The van der Waals surface area contributed by atoms with Gasteiger partial charge in [-0.2, -0.15) is 0 Å². The van der Waals surface area contributed by atoms with Crippen molar-refractivity contribution in [3.63, 3.8) is 0 Å². The standard InChI is InChI=1S/C27H33N5O5/c1-17(2)12-24(33)32-16-20(30-27(36)29-19-10-7-11-21(14-19)37-3)15-23(32)26(35)31-22(25(28)34)13-18-8-5-4-6-9-18/h4-12,14,20,22-23H,13,15-16H2,1-3H3,(H2,28,34)(H,31,35)(H2,29,30,36)/t20-,22+,23-/m0/s1. The summed E-state index contributed by atoms with van der Waals surface area (Å²) in [5.74, 6) is -0.942. The van der Waals surface area contributed by atoms with Gasteiger partial charge in [-0.15, -0.1) is 0 Å². The molecular formula is C27H33N5O5. The Labute approximate surface area is 216 Å². The minimum Gasteiger partial charge on any atom is -0.497 e. The molecule has 2 aromatic rings. The van der Waals surface area contributed by atoms with Crippen LogP contribution in [0.4, 0.5) is 10.5 Å². The summed E-state index contributed by atoms with van der Waals surface area (Å²) in [4.78, 5) is 52.3. The summed E-state index contributed by atoms with van der Waals surface area (Å²) in [6.45, 7) is 3.69. The molecule has 3 rings (SSSR count). The maximum absolute atomic E-state index is 13.3. The second-order valence-electron chi connectivity index (χ2n) is 9.14. The number of hydrogen-bond acceptors (Lipinski definition) is 5. The molecule has 1 aliphatic heterocycles. The van der Waals surface area contributed by atoms with Crippen LogP contribution in [0.1, 0.15) is 25.8 Å². The van der Waals surface area contributed by atoms with Crippen LogP contribution in [0.5, 0.6) is 5.75 Å². The molecule has 5 N–H and O–H groups in total. The molecule has 0 aromatic heterocycles. The van der Waals surface area contributed by atoms with Gasteiger partial charge in [0.25, 0.3) is 0 Å². The third kappa shape index (κ3) is 7.83. The van der Waals surface area contributed by atoms with Gasteiger partial charge in [-0.25, -0.2) is 4.79 Å². The summed E-state index contributed by atoms with van der Waals surface area (Å²) in [6, 6.07) is 13.3. The molecule has 1 fully saturated rings. The summed E-state index contributed by atoms with van der Waals surface area (Å²) >= 11 is 0. The highest BCUT2D eigenvalue weighted by Crippen LogP contribution is 2.21. The Kier molecular flexibility index (Phi) is 9.26. The second kappa shape index (κ2) is 12.6. The Morgan fingerprint density at radius 1 is 1.11 bits per heavy atom. The quantitative estimate of drug-likeness (QED) is 0.384. The Morgan fingerprint density at radius 2 is 1.84 bits per heavy atom. The molecule has 0 saturated carbocycles. The topological polar surface area (TPSA) is 143 Å². The molecule has 1 aliphatic rings. The number of carbonyl (C=O) groups excluding carboxylic acids is 4. The van der Waals surface area contributed by atoms with Crippen LogP contribution in [0.15, 0.2) is 66.2 Å². The van der Waals surface area contributed by atoms with E-state index in [0.29, 0.717) is 11.4 Å². The minimum absolute atomic E-state index is 0.131. The van der Waals surface area contributed by atoms with Crippen molar-refractivity contribution in [1.82, 2.24) is 15.5 Å². The maximum atomic E-state index is 13.3. The zero-order chi connectivity index (χ0) is 26.9. The number of ether oxygens (including phenoxy) is 1. The molecule has 1 saturated heterocycles. The number of methoxy groups -OCH3 is 1. The van der Waals surface area contributed by atoms with Crippen molar-refractivity contribution in [2.45, 2.75) is 44.8 Å². The van der Waals surface area contributed by atoms with Gasteiger partial charge in [0.1, 0.15) is 17.8 Å². The van der Waals surface area contributed by atoms with Gasteiger partial charge in [0.2, 0.25) is 17.7 Å². The number of hydrogen-bond donors (Lipinski definition) is 4. The zero-order valence-corrected chi connectivity index (χ0v) is 21.2. The largest absolute Gasteiger partial charge is 0.497 e. The van der Waals surface area contributed by atoms with Gasteiger partial charge in [-0.05, 0) is 38.0 Å².